The van der Waals surface area contributed by atoms with Crippen molar-refractivity contribution in [1.82, 2.24) is 5.32 Å². The fourth-order valence-corrected chi connectivity index (χ4v) is 3.09. The largest absolute Gasteiger partial charge is 0.481 e. The molecular formula is C16H27NO4. The Labute approximate surface area is 126 Å². The third-order valence-corrected chi connectivity index (χ3v) is 4.71. The Kier molecular flexibility index (Phi) is 6.03. The normalized spacial score (nSPS) is 28.5. The second-order valence-electron chi connectivity index (χ2n) is 6.46. The van der Waals surface area contributed by atoms with Gasteiger partial charge in [-0.25, -0.2) is 0 Å². The highest BCUT2D eigenvalue weighted by atomic mass is 16.5. The van der Waals surface area contributed by atoms with Gasteiger partial charge in [0.05, 0.1) is 11.8 Å². The van der Waals surface area contributed by atoms with Crippen LogP contribution in [0.1, 0.15) is 45.4 Å². The highest BCUT2D eigenvalue weighted by Gasteiger charge is 2.41. The van der Waals surface area contributed by atoms with E-state index in [2.05, 4.69) is 12.2 Å². The van der Waals surface area contributed by atoms with Crippen LogP contribution in [-0.4, -0.2) is 36.7 Å². The van der Waals surface area contributed by atoms with E-state index in [0.29, 0.717) is 31.9 Å². The van der Waals surface area contributed by atoms with Gasteiger partial charge in [-0.15, -0.1) is 0 Å². The number of carboxylic acids is 1. The van der Waals surface area contributed by atoms with Crippen LogP contribution in [0, 0.1) is 23.7 Å². The van der Waals surface area contributed by atoms with Crippen LogP contribution >= 0.6 is 0 Å². The Morgan fingerprint density at radius 3 is 2.52 bits per heavy atom. The van der Waals surface area contributed by atoms with Crippen LogP contribution in [0.25, 0.3) is 0 Å². The van der Waals surface area contributed by atoms with Crippen molar-refractivity contribution in [1.29, 1.82) is 0 Å². The summed E-state index contributed by atoms with van der Waals surface area (Å²) in [4.78, 5) is 23.4. The van der Waals surface area contributed by atoms with Gasteiger partial charge in [-0.05, 0) is 43.9 Å². The van der Waals surface area contributed by atoms with Crippen molar-refractivity contribution >= 4 is 11.9 Å². The number of rotatable bonds is 9. The number of aliphatic carboxylic acids is 1. The van der Waals surface area contributed by atoms with E-state index in [1.54, 1.807) is 0 Å². The average Bonchev–Trinajstić information content (AvgIpc) is 3.17. The van der Waals surface area contributed by atoms with Gasteiger partial charge in [0.1, 0.15) is 0 Å². The van der Waals surface area contributed by atoms with Gasteiger partial charge in [0.2, 0.25) is 5.91 Å². The third-order valence-electron chi connectivity index (χ3n) is 4.71. The summed E-state index contributed by atoms with van der Waals surface area (Å²) in [6.45, 7) is 4.14. The SMILES string of the molecule is CCC1C[C@H](C(=O)NCCCOCC2CC2)[C@H](C(=O)O)C1. The molecule has 0 aromatic carbocycles. The number of amides is 1. The molecule has 5 heteroatoms. The van der Waals surface area contributed by atoms with E-state index in [0.717, 1.165) is 25.4 Å². The van der Waals surface area contributed by atoms with Gasteiger partial charge in [0.25, 0.3) is 0 Å². The quantitative estimate of drug-likeness (QED) is 0.639. The molecular weight excluding hydrogens is 270 g/mol. The first-order valence-corrected chi connectivity index (χ1v) is 8.20. The lowest BCUT2D eigenvalue weighted by atomic mass is 9.95. The summed E-state index contributed by atoms with van der Waals surface area (Å²) in [5.74, 6) is -0.676. The molecule has 2 fully saturated rings. The van der Waals surface area contributed by atoms with Gasteiger partial charge in [0, 0.05) is 19.8 Å². The Hall–Kier alpha value is -1.10. The number of hydrogen-bond donors (Lipinski definition) is 2. The number of hydrogen-bond acceptors (Lipinski definition) is 3. The lowest BCUT2D eigenvalue weighted by molar-refractivity contribution is -0.146. The van der Waals surface area contributed by atoms with Gasteiger partial charge in [-0.3, -0.25) is 9.59 Å². The second kappa shape index (κ2) is 7.78. The molecule has 3 atom stereocenters. The van der Waals surface area contributed by atoms with Crippen LogP contribution in [0.3, 0.4) is 0 Å². The average molecular weight is 297 g/mol. The first-order chi connectivity index (χ1) is 10.1. The molecule has 2 aliphatic carbocycles. The zero-order valence-electron chi connectivity index (χ0n) is 12.8. The van der Waals surface area contributed by atoms with Gasteiger partial charge >= 0.3 is 5.97 Å². The zero-order valence-corrected chi connectivity index (χ0v) is 12.8. The smallest absolute Gasteiger partial charge is 0.307 e. The fourth-order valence-electron chi connectivity index (χ4n) is 3.09. The number of carbonyl (C=O) groups excluding carboxylic acids is 1. The molecule has 1 unspecified atom stereocenters. The standard InChI is InChI=1S/C16H27NO4/c1-2-11-8-13(14(9-11)16(19)20)15(18)17-6-3-7-21-10-12-4-5-12/h11-14H,2-10H2,1H3,(H,17,18)(H,19,20)/t11?,13-,14+/m0/s1. The van der Waals surface area contributed by atoms with Crippen molar-refractivity contribution in [2.45, 2.75) is 45.4 Å². The summed E-state index contributed by atoms with van der Waals surface area (Å²) in [5.41, 5.74) is 0. The maximum absolute atomic E-state index is 12.2. The number of carboxylic acid groups (broad SMARTS) is 1. The van der Waals surface area contributed by atoms with E-state index in [1.165, 1.54) is 12.8 Å². The van der Waals surface area contributed by atoms with Crippen LogP contribution in [0.4, 0.5) is 0 Å². The molecule has 0 aliphatic heterocycles. The van der Waals surface area contributed by atoms with E-state index in [4.69, 9.17) is 4.74 Å². The molecule has 0 spiro atoms. The first-order valence-electron chi connectivity index (χ1n) is 8.20. The van der Waals surface area contributed by atoms with Crippen LogP contribution in [0.5, 0.6) is 0 Å². The van der Waals surface area contributed by atoms with Crippen LogP contribution < -0.4 is 5.32 Å². The van der Waals surface area contributed by atoms with Crippen LogP contribution in [0.2, 0.25) is 0 Å². The maximum atomic E-state index is 12.2. The summed E-state index contributed by atoms with van der Waals surface area (Å²) in [6, 6.07) is 0. The zero-order chi connectivity index (χ0) is 15.2. The number of ether oxygens (including phenoxy) is 1. The van der Waals surface area contributed by atoms with Crippen molar-refractivity contribution in [3.63, 3.8) is 0 Å². The Bertz CT molecular complexity index is 367. The molecule has 21 heavy (non-hydrogen) atoms. The van der Waals surface area contributed by atoms with Gasteiger partial charge in [0.15, 0.2) is 0 Å². The minimum atomic E-state index is -0.834. The molecule has 0 aromatic rings. The van der Waals surface area contributed by atoms with Crippen molar-refractivity contribution in [2.75, 3.05) is 19.8 Å². The lowest BCUT2D eigenvalue weighted by Crippen LogP contribution is -2.36. The number of nitrogens with one attached hydrogen (secondary N) is 1. The van der Waals surface area contributed by atoms with E-state index < -0.39 is 11.9 Å². The molecule has 2 saturated carbocycles. The first kappa shape index (κ1) is 16.3. The molecule has 1 amide bonds. The minimum absolute atomic E-state index is 0.0967. The van der Waals surface area contributed by atoms with E-state index in [9.17, 15) is 14.7 Å². The molecule has 2 N–H and O–H groups in total. The topological polar surface area (TPSA) is 75.6 Å². The summed E-state index contributed by atoms with van der Waals surface area (Å²) in [7, 11) is 0. The van der Waals surface area contributed by atoms with Crippen LogP contribution in [0.15, 0.2) is 0 Å². The van der Waals surface area contributed by atoms with Gasteiger partial charge < -0.3 is 15.2 Å². The van der Waals surface area contributed by atoms with Crippen molar-refractivity contribution in [2.24, 2.45) is 23.7 Å². The molecule has 0 radical (unpaired) electrons. The lowest BCUT2D eigenvalue weighted by Gasteiger charge is -2.15. The van der Waals surface area contributed by atoms with E-state index in [1.807, 2.05) is 0 Å². The molecule has 0 bridgehead atoms. The van der Waals surface area contributed by atoms with Gasteiger partial charge in [-0.1, -0.05) is 13.3 Å². The summed E-state index contributed by atoms with van der Waals surface area (Å²) in [6.07, 6.45) is 5.65. The van der Waals surface area contributed by atoms with Gasteiger partial charge in [-0.2, -0.15) is 0 Å². The predicted octanol–water partition coefficient (Wildman–Crippen LogP) is 2.06. The third kappa shape index (κ3) is 4.99. The summed E-state index contributed by atoms with van der Waals surface area (Å²) < 4.78 is 5.51. The highest BCUT2D eigenvalue weighted by Crippen LogP contribution is 2.38. The molecule has 120 valence electrons. The maximum Gasteiger partial charge on any atom is 0.307 e. The summed E-state index contributed by atoms with van der Waals surface area (Å²) in [5, 5.41) is 12.1. The fraction of sp³-hybridized carbons (Fsp3) is 0.875. The minimum Gasteiger partial charge on any atom is -0.481 e. The molecule has 2 rings (SSSR count). The van der Waals surface area contributed by atoms with Crippen LogP contribution in [-0.2, 0) is 14.3 Å². The molecule has 0 aromatic heterocycles. The summed E-state index contributed by atoms with van der Waals surface area (Å²) >= 11 is 0. The van der Waals surface area contributed by atoms with E-state index in [-0.39, 0.29) is 11.8 Å². The second-order valence-corrected chi connectivity index (χ2v) is 6.46. The number of carbonyl (C=O) groups is 2. The molecule has 2 aliphatic rings. The molecule has 0 heterocycles. The monoisotopic (exact) mass is 297 g/mol. The molecule has 5 nitrogen and oxygen atoms in total. The van der Waals surface area contributed by atoms with Crippen molar-refractivity contribution < 1.29 is 19.4 Å². The molecule has 0 saturated heterocycles. The Balaban J connectivity index is 1.64. The van der Waals surface area contributed by atoms with Crippen molar-refractivity contribution in [3.8, 4) is 0 Å². The Morgan fingerprint density at radius 2 is 1.90 bits per heavy atom. The predicted molar refractivity (Wildman–Crippen MR) is 78.8 cm³/mol. The highest BCUT2D eigenvalue weighted by molar-refractivity contribution is 5.85. The van der Waals surface area contributed by atoms with E-state index >= 15 is 0 Å². The Morgan fingerprint density at radius 1 is 1.19 bits per heavy atom. The van der Waals surface area contributed by atoms with Crippen molar-refractivity contribution in [3.05, 3.63) is 0 Å².